The summed E-state index contributed by atoms with van der Waals surface area (Å²) in [5.74, 6) is 3.01. The van der Waals surface area contributed by atoms with E-state index in [4.69, 9.17) is 5.73 Å². The van der Waals surface area contributed by atoms with Gasteiger partial charge in [0.2, 0.25) is 0 Å². The lowest BCUT2D eigenvalue weighted by atomic mass is 9.89. The lowest BCUT2D eigenvalue weighted by Gasteiger charge is -2.18. The van der Waals surface area contributed by atoms with Crippen molar-refractivity contribution in [3.8, 4) is 0 Å². The molecule has 0 amide bonds. The molecule has 0 spiro atoms. The smallest absolute Gasteiger partial charge is 0.00461 e. The Balaban J connectivity index is 2.01. The fourth-order valence-electron chi connectivity index (χ4n) is 2.67. The Labute approximate surface area is 56.6 Å². The van der Waals surface area contributed by atoms with Crippen LogP contribution < -0.4 is 5.73 Å². The molecular weight excluding hydrogens is 110 g/mol. The maximum Gasteiger partial charge on any atom is -0.00461 e. The highest BCUT2D eigenvalue weighted by molar-refractivity contribution is 4.89. The predicted molar refractivity (Wildman–Crippen MR) is 38.0 cm³/mol. The summed E-state index contributed by atoms with van der Waals surface area (Å²) in [5.41, 5.74) is 5.62. The zero-order chi connectivity index (χ0) is 6.27. The van der Waals surface area contributed by atoms with Gasteiger partial charge in [-0.15, -0.1) is 0 Å². The largest absolute Gasteiger partial charge is 0.330 e. The average molecular weight is 125 g/mol. The molecule has 2 bridgehead atoms. The molecule has 2 aliphatic rings. The van der Waals surface area contributed by atoms with Gasteiger partial charge in [0.15, 0.2) is 0 Å². The molecule has 0 aromatic carbocycles. The third-order valence-electron chi connectivity index (χ3n) is 3.19. The van der Waals surface area contributed by atoms with E-state index in [0.29, 0.717) is 0 Å². The highest BCUT2D eigenvalue weighted by Gasteiger charge is 2.38. The molecule has 9 heavy (non-hydrogen) atoms. The summed E-state index contributed by atoms with van der Waals surface area (Å²) in [6, 6.07) is 0. The van der Waals surface area contributed by atoms with Crippen LogP contribution in [0.4, 0.5) is 0 Å². The van der Waals surface area contributed by atoms with E-state index < -0.39 is 0 Å². The Hall–Kier alpha value is -0.0400. The van der Waals surface area contributed by atoms with Crippen molar-refractivity contribution in [1.82, 2.24) is 0 Å². The van der Waals surface area contributed by atoms with E-state index in [0.717, 1.165) is 24.3 Å². The topological polar surface area (TPSA) is 26.0 Å². The minimum atomic E-state index is 0.906. The summed E-state index contributed by atoms with van der Waals surface area (Å²) in [6.07, 6.45) is 5.93. The second-order valence-corrected chi connectivity index (χ2v) is 3.67. The van der Waals surface area contributed by atoms with Crippen LogP contribution in [0.25, 0.3) is 0 Å². The Morgan fingerprint density at radius 1 is 1.22 bits per heavy atom. The molecule has 1 heteroatoms. The van der Waals surface area contributed by atoms with Crippen LogP contribution in [-0.2, 0) is 0 Å². The van der Waals surface area contributed by atoms with Gasteiger partial charge < -0.3 is 5.73 Å². The standard InChI is InChI=1S/C8H15N/c9-5-8-4-6-1-2-7(8)3-6/h6-8H,1-5,9H2/t6-,7?,8?/m0/s1. The minimum Gasteiger partial charge on any atom is -0.330 e. The molecule has 3 atom stereocenters. The van der Waals surface area contributed by atoms with Gasteiger partial charge in [-0.05, 0) is 43.6 Å². The zero-order valence-electron chi connectivity index (χ0n) is 5.84. The SMILES string of the molecule is NCC1C[C@H]2CCC1C2. The molecule has 2 saturated carbocycles. The van der Waals surface area contributed by atoms with Gasteiger partial charge in [0.25, 0.3) is 0 Å². The van der Waals surface area contributed by atoms with Gasteiger partial charge in [-0.2, -0.15) is 0 Å². The molecule has 0 aliphatic heterocycles. The molecule has 0 saturated heterocycles. The van der Waals surface area contributed by atoms with Crippen molar-refractivity contribution in [2.24, 2.45) is 23.5 Å². The van der Waals surface area contributed by atoms with Crippen LogP contribution in [0.1, 0.15) is 25.7 Å². The summed E-state index contributed by atoms with van der Waals surface area (Å²) in [5, 5.41) is 0. The Kier molecular flexibility index (Phi) is 1.26. The third kappa shape index (κ3) is 0.787. The molecule has 0 heterocycles. The van der Waals surface area contributed by atoms with Crippen LogP contribution in [0.3, 0.4) is 0 Å². The van der Waals surface area contributed by atoms with Crippen molar-refractivity contribution in [1.29, 1.82) is 0 Å². The van der Waals surface area contributed by atoms with Crippen molar-refractivity contribution >= 4 is 0 Å². The molecule has 2 fully saturated rings. The molecule has 1 nitrogen and oxygen atoms in total. The summed E-state index contributed by atoms with van der Waals surface area (Å²) < 4.78 is 0. The van der Waals surface area contributed by atoms with Crippen molar-refractivity contribution in [2.45, 2.75) is 25.7 Å². The minimum absolute atomic E-state index is 0.906. The van der Waals surface area contributed by atoms with Gasteiger partial charge >= 0.3 is 0 Å². The number of hydrogen-bond donors (Lipinski definition) is 1. The van der Waals surface area contributed by atoms with E-state index >= 15 is 0 Å². The van der Waals surface area contributed by atoms with E-state index in [2.05, 4.69) is 0 Å². The van der Waals surface area contributed by atoms with E-state index in [1.807, 2.05) is 0 Å². The molecule has 0 aromatic rings. The number of fused-ring (bicyclic) bond motifs is 2. The Morgan fingerprint density at radius 2 is 2.11 bits per heavy atom. The Morgan fingerprint density at radius 3 is 2.44 bits per heavy atom. The normalized spacial score (nSPS) is 48.3. The lowest BCUT2D eigenvalue weighted by Crippen LogP contribution is -2.19. The first-order chi connectivity index (χ1) is 4.40. The number of rotatable bonds is 1. The van der Waals surface area contributed by atoms with Gasteiger partial charge in [0.1, 0.15) is 0 Å². The molecule has 52 valence electrons. The maximum absolute atomic E-state index is 5.62. The van der Waals surface area contributed by atoms with Gasteiger partial charge in [0.05, 0.1) is 0 Å². The predicted octanol–water partition coefficient (Wildman–Crippen LogP) is 1.38. The lowest BCUT2D eigenvalue weighted by molar-refractivity contribution is 0.341. The monoisotopic (exact) mass is 125 g/mol. The van der Waals surface area contributed by atoms with Crippen molar-refractivity contribution < 1.29 is 0 Å². The summed E-state index contributed by atoms with van der Waals surface area (Å²) in [6.45, 7) is 0.946. The molecule has 2 rings (SSSR count). The number of hydrogen-bond acceptors (Lipinski definition) is 1. The maximum atomic E-state index is 5.62. The van der Waals surface area contributed by atoms with Crippen molar-refractivity contribution in [3.05, 3.63) is 0 Å². The van der Waals surface area contributed by atoms with E-state index in [1.165, 1.54) is 25.7 Å². The molecule has 2 unspecified atom stereocenters. The van der Waals surface area contributed by atoms with Crippen LogP contribution in [0.15, 0.2) is 0 Å². The quantitative estimate of drug-likeness (QED) is 0.563. The van der Waals surface area contributed by atoms with Gasteiger partial charge in [-0.25, -0.2) is 0 Å². The fourth-order valence-corrected chi connectivity index (χ4v) is 2.67. The van der Waals surface area contributed by atoms with Crippen LogP contribution in [0, 0.1) is 17.8 Å². The molecule has 2 N–H and O–H groups in total. The van der Waals surface area contributed by atoms with Crippen molar-refractivity contribution in [3.63, 3.8) is 0 Å². The first kappa shape index (κ1) is 5.72. The summed E-state index contributed by atoms with van der Waals surface area (Å²) in [7, 11) is 0. The second-order valence-electron chi connectivity index (χ2n) is 3.67. The van der Waals surface area contributed by atoms with Crippen LogP contribution >= 0.6 is 0 Å². The van der Waals surface area contributed by atoms with E-state index in [1.54, 1.807) is 0 Å². The number of nitrogens with two attached hydrogens (primary N) is 1. The summed E-state index contributed by atoms with van der Waals surface area (Å²) in [4.78, 5) is 0. The van der Waals surface area contributed by atoms with Crippen LogP contribution in [-0.4, -0.2) is 6.54 Å². The van der Waals surface area contributed by atoms with Crippen LogP contribution in [0.2, 0.25) is 0 Å². The first-order valence-electron chi connectivity index (χ1n) is 4.10. The highest BCUT2D eigenvalue weighted by atomic mass is 14.6. The molecular formula is C8H15N. The fraction of sp³-hybridized carbons (Fsp3) is 1.00. The van der Waals surface area contributed by atoms with Gasteiger partial charge in [-0.3, -0.25) is 0 Å². The van der Waals surface area contributed by atoms with Crippen molar-refractivity contribution in [2.75, 3.05) is 6.54 Å². The van der Waals surface area contributed by atoms with Crippen LogP contribution in [0.5, 0.6) is 0 Å². The van der Waals surface area contributed by atoms with Gasteiger partial charge in [-0.1, -0.05) is 6.42 Å². The van der Waals surface area contributed by atoms with E-state index in [-0.39, 0.29) is 0 Å². The second kappa shape index (κ2) is 1.98. The average Bonchev–Trinajstić information content (AvgIpc) is 2.45. The first-order valence-corrected chi connectivity index (χ1v) is 4.10. The van der Waals surface area contributed by atoms with E-state index in [9.17, 15) is 0 Å². The molecule has 0 radical (unpaired) electrons. The Bertz CT molecular complexity index is 111. The van der Waals surface area contributed by atoms with Gasteiger partial charge in [0, 0.05) is 0 Å². The summed E-state index contributed by atoms with van der Waals surface area (Å²) >= 11 is 0. The molecule has 0 aromatic heterocycles. The highest BCUT2D eigenvalue weighted by Crippen LogP contribution is 2.47. The molecule has 2 aliphatic carbocycles. The zero-order valence-corrected chi connectivity index (χ0v) is 5.84. The third-order valence-corrected chi connectivity index (χ3v) is 3.19.